The second-order valence-corrected chi connectivity index (χ2v) is 37.1. The van der Waals surface area contributed by atoms with Gasteiger partial charge in [-0.2, -0.15) is 0 Å². The molecule has 44 fully saturated rings. The molecule has 0 spiro atoms. The van der Waals surface area contributed by atoms with Crippen molar-refractivity contribution in [2.45, 2.75) is 421 Å². The zero-order valence-electron chi connectivity index (χ0n) is 77.6. The fourth-order valence-corrected chi connectivity index (χ4v) is 19.6. The number of aliphatic hydroxyl groups is 34. The molecular weight excluding hydrogens is 2010 g/mol. The van der Waals surface area contributed by atoms with Crippen LogP contribution >= 0.6 is 0 Å². The highest BCUT2D eigenvalue weighted by atomic mass is 16.8. The normalized spacial score (nSPS) is 51.7. The van der Waals surface area contributed by atoms with Crippen molar-refractivity contribution >= 4 is 11.9 Å². The van der Waals surface area contributed by atoms with E-state index in [4.69, 9.17) is 133 Å². The second-order valence-electron chi connectivity index (χ2n) is 37.1. The molecule has 44 rings (SSSR count). The highest BCUT2D eigenvalue weighted by Crippen LogP contribution is 2.45. The molecule has 44 heterocycles. The molecule has 846 valence electrons. The Morgan fingerprint density at radius 3 is 0.452 bits per heavy atom. The summed E-state index contributed by atoms with van der Waals surface area (Å²) in [7, 11) is 0. The van der Waals surface area contributed by atoms with E-state index in [2.05, 4.69) is 0 Å². The third kappa shape index (κ3) is 24.6. The summed E-state index contributed by atoms with van der Waals surface area (Å²) in [4.78, 5) is 29.8. The summed E-state index contributed by atoms with van der Waals surface area (Å²) in [5.74, 6) is -3.34. The average Bonchev–Trinajstić information content (AvgIpc) is 1.06. The number of carbonyl (C=O) groups excluding carboxylic acids is 2. The second kappa shape index (κ2) is 51.7. The van der Waals surface area contributed by atoms with Gasteiger partial charge in [-0.15, -0.1) is 0 Å². The van der Waals surface area contributed by atoms with Crippen LogP contribution in [0.15, 0.2) is 0 Å². The molecule has 0 saturated carbocycles. The van der Waals surface area contributed by atoms with Crippen molar-refractivity contribution in [1.29, 1.82) is 0 Å². The molecule has 44 saturated heterocycles. The fraction of sp³-hybridized carbons (Fsp3) is 0.976. The van der Waals surface area contributed by atoms with Gasteiger partial charge in [-0.25, -0.2) is 0 Å². The number of ether oxygens (including phenoxy) is 28. The fourth-order valence-electron chi connectivity index (χ4n) is 19.6. The highest BCUT2D eigenvalue weighted by Gasteiger charge is 2.65. The van der Waals surface area contributed by atoms with E-state index in [1.165, 1.54) is 13.8 Å². The SMILES string of the molecule is CCC(O)O[C@@H]1[C@@H](O)[C@H]2O[C@H]3[C@H](O)[C@@H](O)[C@@H](O[C@H]4[C@H](O)[C@@H](O)[C@@H](O[C@H]5[C@H](O)[C@@H](O)[C@@H](O[C@H]6[C@H](O)[C@@H](O)[C@@H](O[C@@H]7[C@H](OC(=O)CCC(=O)O[C@@H]8[C@@H](O)[C@H]9O[C@@H]%10[C@H](OC(O)CC)[C@@H](O)[C@@H](O[C@H]%11[C@H](O)[C@@H](O)[C@@H](O[C@H]%12[C@H](O)[C@@H](O)[C@@H](O[C@H]%13[C@H](O)[C@@H](O)[C@@H](O[C@H]%14[C@H](O)[C@@H](O)[C@@H](O[C@H]8[C@@H](CO)O9)O[C@@H]%14CO)O[C@@H]%13CO)O[C@@H]%12CO)O[C@@H]%11CO)O[C@@H]%10CO)[C@@H](O)[C@@H](O[C@H]1[C@@H](CO)O2)O[C@@H]7CO)O[C@@H]6CO)O[C@@H]5CO)O[C@@H]4CO)O[C@@H]3CO. The van der Waals surface area contributed by atoms with E-state index in [0.29, 0.717) is 0 Å². The molecule has 2 unspecified atom stereocenters. The minimum atomic E-state index is -2.67. The molecule has 0 aliphatic carbocycles. The molecule has 62 atom stereocenters. The average molecular weight is 2140 g/mol. The van der Waals surface area contributed by atoms with E-state index in [1.807, 2.05) is 0 Å². The molecule has 0 aromatic rings. The maximum atomic E-state index is 14.9. The zero-order valence-corrected chi connectivity index (χ0v) is 77.6. The lowest BCUT2D eigenvalue weighted by Gasteiger charge is -2.51. The lowest BCUT2D eigenvalue weighted by molar-refractivity contribution is -0.407. The largest absolute Gasteiger partial charge is 0.456 e. The molecule has 64 heteroatoms. The first-order chi connectivity index (χ1) is 69.6. The molecule has 0 amide bonds. The van der Waals surface area contributed by atoms with Crippen LogP contribution in [0.2, 0.25) is 0 Å². The maximum Gasteiger partial charge on any atom is 0.306 e. The molecule has 146 heavy (non-hydrogen) atoms. The van der Waals surface area contributed by atoms with Crippen LogP contribution in [0.1, 0.15) is 39.5 Å². The van der Waals surface area contributed by atoms with Gasteiger partial charge < -0.3 is 306 Å². The van der Waals surface area contributed by atoms with Crippen LogP contribution in [-0.4, -0.2) is 646 Å². The van der Waals surface area contributed by atoms with E-state index >= 15 is 0 Å². The monoisotopic (exact) mass is 2140 g/mol. The number of hydrogen-bond acceptors (Lipinski definition) is 64. The van der Waals surface area contributed by atoms with Gasteiger partial charge in [-0.1, -0.05) is 13.8 Å². The van der Waals surface area contributed by atoms with E-state index < -0.39 is 485 Å². The first-order valence-corrected chi connectivity index (χ1v) is 47.4. The summed E-state index contributed by atoms with van der Waals surface area (Å²) in [5, 5.41) is 391. The minimum absolute atomic E-state index is 0.320. The molecule has 0 radical (unpaired) electrons. The van der Waals surface area contributed by atoms with Crippen molar-refractivity contribution in [2.24, 2.45) is 0 Å². The first-order valence-electron chi connectivity index (χ1n) is 47.4. The van der Waals surface area contributed by atoms with Gasteiger partial charge in [0.25, 0.3) is 0 Å². The van der Waals surface area contributed by atoms with Gasteiger partial charge in [0.1, 0.15) is 281 Å². The van der Waals surface area contributed by atoms with Gasteiger partial charge >= 0.3 is 11.9 Å². The first kappa shape index (κ1) is 118. The van der Waals surface area contributed by atoms with E-state index in [9.17, 15) is 183 Å². The van der Waals surface area contributed by atoms with E-state index in [1.54, 1.807) is 0 Å². The van der Waals surface area contributed by atoms with Gasteiger partial charge in [-0.05, 0) is 12.8 Å². The zero-order chi connectivity index (χ0) is 106. The number of aliphatic hydroxyl groups excluding tert-OH is 34. The lowest BCUT2D eigenvalue weighted by Crippen LogP contribution is -2.69. The Balaban J connectivity index is 0.773. The van der Waals surface area contributed by atoms with Crippen LogP contribution in [-0.2, 0) is 142 Å². The Morgan fingerprint density at radius 2 is 0.308 bits per heavy atom. The van der Waals surface area contributed by atoms with Crippen LogP contribution in [0.25, 0.3) is 0 Å². The van der Waals surface area contributed by atoms with Crippen molar-refractivity contribution in [3.8, 4) is 0 Å². The molecule has 0 aromatic heterocycles. The van der Waals surface area contributed by atoms with Crippen LogP contribution in [0.3, 0.4) is 0 Å². The number of esters is 2. The van der Waals surface area contributed by atoms with Gasteiger partial charge in [-0.3, -0.25) is 9.59 Å². The Kier molecular flexibility index (Phi) is 41.8. The van der Waals surface area contributed by atoms with E-state index in [0.717, 1.165) is 0 Å². The van der Waals surface area contributed by atoms with Crippen LogP contribution in [0.5, 0.6) is 0 Å². The van der Waals surface area contributed by atoms with Gasteiger partial charge in [0, 0.05) is 0 Å². The quantitative estimate of drug-likeness (QED) is 0.0334. The minimum Gasteiger partial charge on any atom is -0.456 e. The van der Waals surface area contributed by atoms with Crippen molar-refractivity contribution < 1.29 is 316 Å². The Hall–Kier alpha value is -3.46. The standard InChI is InChI=1S/C82H134O64/c1-3-31(95)131-67-51(115)79-127-27(15-91)63(67)145-81-53(117)69(65(29(17-93)129-81)143-77-49(113)41(105)59(23(11-87)125-77)139-73-45(109)37(101)55(19(7-83)121-73)135-71-43(107)35(99)57(21(9-85)119-71)137-75-47(111)39(103)61(141-79)25(13-89)123-75)133-33(97)5-6-34(98)134-70-54(118)82-130-30(18-94)66(70)144-78-50(114)42(106)60(24(12-88)126-78)140-74-46(110)38(102)56(20(8-84)122-74)136-72-44(108)36(100)58(22(10-86)120-72)138-76-48(112)40(104)62(26(14-90)124-76)142-80-52(116)68(132-32(96)4-2)64(146-82)28(16-92)128-80/h19-32,35-96,99-118H,3-18H2,1-2H3/t19-,20-,21-,22-,23-,24-,25-,26-,27-,28-,29-,30-,31?,32?,35-,36-,37-,38-,39-,40-,41-,42-,43-,44-,45-,46-,47-,48-,49-,50-,51-,52-,53-,54-,55-,56-,57-,58-,59-,60-,61-,62-,63+,64+,65+,66+,67-,68-,69-,70-,71-,72-,73-,74-,75-,76-,77-,78-,79-,80-,81-,82-/m1/s1. The molecule has 0 aromatic carbocycles. The topological polar surface area (TPSA) is 980 Å². The van der Waals surface area contributed by atoms with Crippen LogP contribution < -0.4 is 0 Å². The van der Waals surface area contributed by atoms with Gasteiger partial charge in [0.05, 0.1) is 92.1 Å². The van der Waals surface area contributed by atoms with Gasteiger partial charge in [0.15, 0.2) is 100 Å². The lowest BCUT2D eigenvalue weighted by atomic mass is 9.94. The molecule has 64 nitrogen and oxygen atoms in total. The van der Waals surface area contributed by atoms with Crippen LogP contribution in [0.4, 0.5) is 0 Å². The van der Waals surface area contributed by atoms with Crippen molar-refractivity contribution in [2.75, 3.05) is 79.3 Å². The molecule has 44 aliphatic heterocycles. The highest BCUT2D eigenvalue weighted by molar-refractivity contribution is 5.78. The molecule has 34 N–H and O–H groups in total. The molecular formula is C82H134O64. The number of rotatable bonds is 23. The van der Waals surface area contributed by atoms with Gasteiger partial charge in [0.2, 0.25) is 0 Å². The molecule has 24 bridgehead atoms. The molecule has 44 aliphatic rings. The summed E-state index contributed by atoms with van der Waals surface area (Å²) >= 11 is 0. The predicted molar refractivity (Wildman–Crippen MR) is 439 cm³/mol. The van der Waals surface area contributed by atoms with Crippen molar-refractivity contribution in [3.05, 3.63) is 0 Å². The Labute approximate surface area is 825 Å². The van der Waals surface area contributed by atoms with Crippen molar-refractivity contribution in [3.63, 3.8) is 0 Å². The third-order valence-corrected chi connectivity index (χ3v) is 27.6. The number of carbonyl (C=O) groups is 2. The maximum absolute atomic E-state index is 14.9. The number of hydrogen-bond donors (Lipinski definition) is 34. The van der Waals surface area contributed by atoms with E-state index in [-0.39, 0.29) is 12.8 Å². The van der Waals surface area contributed by atoms with Crippen LogP contribution in [0, 0.1) is 0 Å². The summed E-state index contributed by atoms with van der Waals surface area (Å²) in [6.07, 6.45) is -141. The smallest absolute Gasteiger partial charge is 0.306 e. The summed E-state index contributed by atoms with van der Waals surface area (Å²) in [6, 6.07) is 0. The summed E-state index contributed by atoms with van der Waals surface area (Å²) in [5.41, 5.74) is 0. The summed E-state index contributed by atoms with van der Waals surface area (Å²) in [6.45, 7) is -12.0. The Morgan fingerprint density at radius 1 is 0.185 bits per heavy atom. The summed E-state index contributed by atoms with van der Waals surface area (Å²) < 4.78 is 165. The third-order valence-electron chi connectivity index (χ3n) is 27.6. The predicted octanol–water partition coefficient (Wildman–Crippen LogP) is -23.7. The van der Waals surface area contributed by atoms with Crippen molar-refractivity contribution in [1.82, 2.24) is 0 Å². The Bertz CT molecular complexity index is 3710.